The monoisotopic (exact) mass is 519 g/mol. The Morgan fingerprint density at radius 1 is 0.450 bits per heavy atom. The van der Waals surface area contributed by atoms with Crippen molar-refractivity contribution in [2.75, 3.05) is 0 Å². The average molecular weight is 520 g/mol. The van der Waals surface area contributed by atoms with Crippen molar-refractivity contribution < 1.29 is 4.39 Å². The lowest BCUT2D eigenvalue weighted by atomic mass is 10.2. The molecule has 7 nitrogen and oxygen atoms in total. The van der Waals surface area contributed by atoms with Crippen molar-refractivity contribution in [2.24, 2.45) is 20.0 Å². The van der Waals surface area contributed by atoms with Gasteiger partial charge in [-0.25, -0.2) is 9.29 Å². The van der Waals surface area contributed by atoms with Gasteiger partial charge < -0.3 is 0 Å². The Labute approximate surface area is 226 Å². The lowest BCUT2D eigenvalue weighted by Gasteiger charge is -2.31. The van der Waals surface area contributed by atoms with E-state index in [0.29, 0.717) is 29.5 Å². The number of nitrogens with zero attached hydrogens (tertiary/aromatic N) is 7. The van der Waals surface area contributed by atoms with E-state index in [4.69, 9.17) is 20.0 Å². The van der Waals surface area contributed by atoms with Crippen molar-refractivity contribution in [2.45, 2.75) is 0 Å². The average Bonchev–Trinajstić information content (AvgIpc) is 3.50. The summed E-state index contributed by atoms with van der Waals surface area (Å²) >= 11 is 0. The molecule has 0 saturated carbocycles. The second-order valence-corrected chi connectivity index (χ2v) is 9.81. The first-order chi connectivity index (χ1) is 19.7. The predicted molar refractivity (Wildman–Crippen MR) is 159 cm³/mol. The maximum Gasteiger partial charge on any atom is 0.243 e. The molecule has 9 rings (SSSR count). The molecule has 0 unspecified atom stereocenters. The number of allylic oxidation sites excluding steroid dienone is 2. The van der Waals surface area contributed by atoms with E-state index in [1.54, 1.807) is 4.90 Å². The molecule has 0 bridgehead atoms. The van der Waals surface area contributed by atoms with Crippen LogP contribution in [-0.4, -0.2) is 37.7 Å². The largest absolute Gasteiger partial charge is 0.278 e. The number of rotatable bonds is 0. The van der Waals surface area contributed by atoms with Gasteiger partial charge in [0, 0.05) is 33.7 Å². The van der Waals surface area contributed by atoms with Crippen LogP contribution in [0.25, 0.3) is 43.6 Å². The number of para-hydroxylation sites is 4. The van der Waals surface area contributed by atoms with Crippen molar-refractivity contribution in [3.63, 3.8) is 0 Å². The Hall–Kier alpha value is -5.63. The fraction of sp³-hybridized carbons (Fsp3) is 0. The number of aliphatic imine (C=N–C) groups is 4. The summed E-state index contributed by atoms with van der Waals surface area (Å²) in [5.41, 5.74) is 3.85. The van der Waals surface area contributed by atoms with E-state index < -0.39 is 5.83 Å². The number of fused-ring (bicyclic) bond motifs is 6. The summed E-state index contributed by atoms with van der Waals surface area (Å²) in [7, 11) is 0. The summed E-state index contributed by atoms with van der Waals surface area (Å²) in [4.78, 5) is 21.2. The smallest absolute Gasteiger partial charge is 0.243 e. The number of halogens is 1. The Bertz CT molecular complexity index is 2070. The summed E-state index contributed by atoms with van der Waals surface area (Å²) < 4.78 is 19.0. The van der Waals surface area contributed by atoms with Crippen molar-refractivity contribution in [3.8, 4) is 0 Å². The Balaban J connectivity index is 1.33. The van der Waals surface area contributed by atoms with E-state index in [1.165, 1.54) is 12.2 Å². The first kappa shape index (κ1) is 21.3. The maximum atomic E-state index is 15.0. The highest BCUT2D eigenvalue weighted by Crippen LogP contribution is 2.34. The van der Waals surface area contributed by atoms with Crippen molar-refractivity contribution in [1.82, 2.24) is 14.0 Å². The fourth-order valence-electron chi connectivity index (χ4n) is 5.94. The van der Waals surface area contributed by atoms with E-state index in [9.17, 15) is 0 Å². The summed E-state index contributed by atoms with van der Waals surface area (Å²) in [6, 6.07) is 32.6. The van der Waals surface area contributed by atoms with E-state index in [0.717, 1.165) is 43.6 Å². The second-order valence-electron chi connectivity index (χ2n) is 9.81. The van der Waals surface area contributed by atoms with Gasteiger partial charge in [0.2, 0.25) is 17.9 Å². The summed E-state index contributed by atoms with van der Waals surface area (Å²) in [6.07, 6.45) is 2.78. The van der Waals surface area contributed by atoms with Gasteiger partial charge in [-0.3, -0.25) is 9.13 Å². The van der Waals surface area contributed by atoms with Crippen LogP contribution in [0.4, 0.5) is 4.39 Å². The molecule has 0 aliphatic carbocycles. The molecule has 0 saturated heterocycles. The zero-order valence-corrected chi connectivity index (χ0v) is 20.9. The van der Waals surface area contributed by atoms with Gasteiger partial charge in [0.05, 0.1) is 22.1 Å². The van der Waals surface area contributed by atoms with Crippen LogP contribution in [0, 0.1) is 0 Å². The van der Waals surface area contributed by atoms with Crippen LogP contribution in [0.3, 0.4) is 0 Å². The van der Waals surface area contributed by atoms with E-state index >= 15 is 4.39 Å². The van der Waals surface area contributed by atoms with Crippen molar-refractivity contribution in [1.29, 1.82) is 0 Å². The minimum atomic E-state index is -0.431. The molecule has 3 aliphatic rings. The summed E-state index contributed by atoms with van der Waals surface area (Å²) in [6.45, 7) is 0. The molecule has 0 amide bonds. The molecular formula is C32H18FN7. The molecule has 0 N–H and O–H groups in total. The normalized spacial score (nSPS) is 16.5. The zero-order chi connectivity index (χ0) is 26.4. The highest BCUT2D eigenvalue weighted by Gasteiger charge is 2.34. The highest BCUT2D eigenvalue weighted by molar-refractivity contribution is 6.25. The molecule has 3 aliphatic heterocycles. The Kier molecular flexibility index (Phi) is 4.11. The van der Waals surface area contributed by atoms with Crippen LogP contribution in [0.5, 0.6) is 0 Å². The molecular weight excluding hydrogens is 501 g/mol. The standard InChI is InChI=1S/C32H18FN7/c33-19-17-28-34-30(38-24-13-5-1-9-20(24)21-10-2-6-14-25(21)38)36-32-37-31(35-29(18-19)40(28)32)39-26-15-7-3-11-22(26)23-12-4-8-16-27(23)39/h1-18H. The molecule has 0 spiro atoms. The fourth-order valence-corrected chi connectivity index (χ4v) is 5.94. The van der Waals surface area contributed by atoms with Gasteiger partial charge in [0.1, 0.15) is 17.5 Å². The number of benzene rings is 4. The minimum Gasteiger partial charge on any atom is -0.278 e. The second kappa shape index (κ2) is 7.70. The molecule has 4 aromatic carbocycles. The van der Waals surface area contributed by atoms with Gasteiger partial charge in [0.25, 0.3) is 0 Å². The zero-order valence-electron chi connectivity index (χ0n) is 20.9. The number of hydrogen-bond acceptors (Lipinski definition) is 5. The first-order valence-electron chi connectivity index (χ1n) is 13.0. The predicted octanol–water partition coefficient (Wildman–Crippen LogP) is 6.80. The third-order valence-electron chi connectivity index (χ3n) is 7.58. The van der Waals surface area contributed by atoms with Gasteiger partial charge in [-0.2, -0.15) is 20.0 Å². The first-order valence-corrected chi connectivity index (χ1v) is 13.0. The van der Waals surface area contributed by atoms with Gasteiger partial charge in [-0.15, -0.1) is 0 Å². The topological polar surface area (TPSA) is 62.5 Å². The van der Waals surface area contributed by atoms with Gasteiger partial charge in [0.15, 0.2) is 0 Å². The molecule has 0 atom stereocenters. The molecule has 2 aromatic heterocycles. The van der Waals surface area contributed by atoms with Gasteiger partial charge >= 0.3 is 0 Å². The molecule has 0 radical (unpaired) electrons. The molecule has 6 aromatic rings. The third kappa shape index (κ3) is 2.82. The van der Waals surface area contributed by atoms with Gasteiger partial charge in [-0.1, -0.05) is 72.8 Å². The van der Waals surface area contributed by atoms with Crippen LogP contribution >= 0.6 is 0 Å². The van der Waals surface area contributed by atoms with Crippen LogP contribution in [0.1, 0.15) is 0 Å². The van der Waals surface area contributed by atoms with E-state index in [1.807, 2.05) is 81.9 Å². The number of amidine groups is 1. The SMILES string of the molecule is FC1=CC2=NC(n3c4ccccc4c4ccccc43)=NC3=NC(n4c5ccccc5c5ccccc54)=NC(=C1)N23. The molecule has 40 heavy (non-hydrogen) atoms. The Morgan fingerprint density at radius 2 is 0.875 bits per heavy atom. The highest BCUT2D eigenvalue weighted by atomic mass is 19.1. The summed E-state index contributed by atoms with van der Waals surface area (Å²) in [5, 5.41) is 4.36. The maximum absolute atomic E-state index is 15.0. The molecule has 5 heterocycles. The Morgan fingerprint density at radius 3 is 1.38 bits per heavy atom. The number of guanidine groups is 1. The molecule has 188 valence electrons. The molecule has 0 fully saturated rings. The van der Waals surface area contributed by atoms with Crippen molar-refractivity contribution in [3.05, 3.63) is 121 Å². The van der Waals surface area contributed by atoms with E-state index in [2.05, 4.69) is 24.3 Å². The lowest BCUT2D eigenvalue weighted by Crippen LogP contribution is -2.43. The molecule has 8 heteroatoms. The third-order valence-corrected chi connectivity index (χ3v) is 7.58. The van der Waals surface area contributed by atoms with Gasteiger partial charge in [-0.05, 0) is 24.3 Å². The van der Waals surface area contributed by atoms with Crippen LogP contribution < -0.4 is 0 Å². The van der Waals surface area contributed by atoms with Crippen LogP contribution in [-0.2, 0) is 0 Å². The quantitative estimate of drug-likeness (QED) is 0.218. The lowest BCUT2D eigenvalue weighted by molar-refractivity contribution is 0.629. The van der Waals surface area contributed by atoms with Crippen molar-refractivity contribution >= 4 is 67.3 Å². The summed E-state index contributed by atoms with van der Waals surface area (Å²) in [5.74, 6) is 1.53. The number of aromatic nitrogens is 2. The number of hydrogen-bond donors (Lipinski definition) is 0. The minimum absolute atomic E-state index is 0.378. The van der Waals surface area contributed by atoms with E-state index in [-0.39, 0.29) is 0 Å². The van der Waals surface area contributed by atoms with Crippen LogP contribution in [0.2, 0.25) is 0 Å². The van der Waals surface area contributed by atoms with Crippen LogP contribution in [0.15, 0.2) is 141 Å².